The second kappa shape index (κ2) is 17.2. The molecule has 12 nitrogen and oxygen atoms in total. The molecule has 22 heteroatoms. The number of hydrogen-bond donors (Lipinski definition) is 3. The zero-order valence-electron chi connectivity index (χ0n) is 24.9. The number of imidazole rings is 1. The van der Waals surface area contributed by atoms with Crippen molar-refractivity contribution in [2.75, 3.05) is 31.1 Å². The molecule has 0 amide bonds. The minimum absolute atomic E-state index is 0.254. The lowest BCUT2D eigenvalue weighted by atomic mass is 10.1. The van der Waals surface area contributed by atoms with E-state index in [0.29, 0.717) is 0 Å². The molecule has 4 heterocycles. The molecule has 1 fully saturated rings. The molecule has 272 valence electrons. The van der Waals surface area contributed by atoms with E-state index in [1.165, 1.54) is 12.1 Å². The minimum Gasteiger partial charge on any atom is -0.475 e. The second-order valence-corrected chi connectivity index (χ2v) is 9.59. The average molecular weight is 731 g/mol. The van der Waals surface area contributed by atoms with Crippen LogP contribution in [0.25, 0.3) is 16.9 Å². The van der Waals surface area contributed by atoms with Gasteiger partial charge in [0.15, 0.2) is 11.5 Å². The Balaban J connectivity index is 0.000000338. The summed E-state index contributed by atoms with van der Waals surface area (Å²) in [5.41, 5.74) is 3.55. The Morgan fingerprint density at radius 2 is 1.24 bits per heavy atom. The number of rotatable bonds is 4. The van der Waals surface area contributed by atoms with E-state index in [1.54, 1.807) is 18.5 Å². The summed E-state index contributed by atoms with van der Waals surface area (Å²) in [5, 5.41) is 21.4. The highest BCUT2D eigenvalue weighted by atomic mass is 19.4. The monoisotopic (exact) mass is 730 g/mol. The van der Waals surface area contributed by atoms with Crippen molar-refractivity contribution in [1.29, 1.82) is 0 Å². The van der Waals surface area contributed by atoms with Crippen LogP contribution >= 0.6 is 0 Å². The van der Waals surface area contributed by atoms with Crippen LogP contribution in [0.2, 0.25) is 0 Å². The Bertz CT molecular complexity index is 1670. The Morgan fingerprint density at radius 3 is 1.70 bits per heavy atom. The Kier molecular flexibility index (Phi) is 14.0. The fourth-order valence-electron chi connectivity index (χ4n) is 3.83. The summed E-state index contributed by atoms with van der Waals surface area (Å²) >= 11 is 0. The number of halogens is 10. The van der Waals surface area contributed by atoms with Gasteiger partial charge in [0.25, 0.3) is 0 Å². The van der Waals surface area contributed by atoms with Crippen molar-refractivity contribution in [2.24, 2.45) is 0 Å². The van der Waals surface area contributed by atoms with Gasteiger partial charge >= 0.3 is 36.4 Å². The summed E-state index contributed by atoms with van der Waals surface area (Å²) in [7, 11) is 0. The van der Waals surface area contributed by atoms with Gasteiger partial charge in [-0.3, -0.25) is 14.3 Å². The Hall–Kier alpha value is -5.54. The van der Waals surface area contributed by atoms with Crippen molar-refractivity contribution in [3.05, 3.63) is 78.8 Å². The van der Waals surface area contributed by atoms with E-state index in [9.17, 15) is 43.9 Å². The topological polar surface area (TPSA) is 161 Å². The van der Waals surface area contributed by atoms with Gasteiger partial charge in [0.05, 0.1) is 17.6 Å². The molecule has 0 unspecified atom stereocenters. The quantitative estimate of drug-likeness (QED) is 0.238. The largest absolute Gasteiger partial charge is 0.490 e. The number of pyridine rings is 1. The Labute approximate surface area is 273 Å². The van der Waals surface area contributed by atoms with E-state index >= 15 is 0 Å². The van der Waals surface area contributed by atoms with Crippen LogP contribution in [0.15, 0.2) is 67.3 Å². The van der Waals surface area contributed by atoms with Gasteiger partial charge in [0.2, 0.25) is 0 Å². The number of aromatic nitrogens is 4. The van der Waals surface area contributed by atoms with Gasteiger partial charge in [-0.05, 0) is 24.3 Å². The molecule has 1 aliphatic rings. The van der Waals surface area contributed by atoms with Crippen LogP contribution in [0, 0.1) is 5.82 Å². The predicted molar refractivity (Wildman–Crippen MR) is 151 cm³/mol. The molecule has 0 spiro atoms. The molecule has 50 heavy (non-hydrogen) atoms. The van der Waals surface area contributed by atoms with E-state index in [1.807, 2.05) is 35.0 Å². The number of nitrogens with zero attached hydrogens (tertiary/aromatic N) is 6. The molecule has 0 saturated carbocycles. The average Bonchev–Trinajstić information content (AvgIpc) is 3.46. The van der Waals surface area contributed by atoms with E-state index in [4.69, 9.17) is 29.7 Å². The molecule has 1 aromatic carbocycles. The molecule has 0 aliphatic carbocycles. The third-order valence-corrected chi connectivity index (χ3v) is 6.04. The summed E-state index contributed by atoms with van der Waals surface area (Å²) in [6, 6.07) is 12.6. The van der Waals surface area contributed by atoms with Crippen molar-refractivity contribution in [3.8, 4) is 11.3 Å². The standard InChI is InChI=1S/C22H21FN6.3C2HF3O2/c23-18-5-3-4-17(14-18)20-15-26-22-21(25-8-9-29(20)22)28-12-10-27(11-13-28)16-19-6-1-2-7-24-19;3*3-2(4,5)1(6)7/h1-9,14-15H,10-13,16H2;3*(H,6,7). The molecule has 0 atom stereocenters. The molecular formula is C28H24F10N6O6. The number of fused-ring (bicyclic) bond motifs is 1. The van der Waals surface area contributed by atoms with Crippen LogP contribution in [0.3, 0.4) is 0 Å². The number of anilines is 1. The molecule has 0 bridgehead atoms. The van der Waals surface area contributed by atoms with E-state index < -0.39 is 36.4 Å². The number of piperazine rings is 1. The van der Waals surface area contributed by atoms with Gasteiger partial charge < -0.3 is 20.2 Å². The molecule has 3 aromatic heterocycles. The van der Waals surface area contributed by atoms with Crippen molar-refractivity contribution in [2.45, 2.75) is 25.1 Å². The first kappa shape index (κ1) is 40.6. The third-order valence-electron chi connectivity index (χ3n) is 6.04. The van der Waals surface area contributed by atoms with Crippen LogP contribution in [-0.4, -0.2) is 102 Å². The first-order valence-corrected chi connectivity index (χ1v) is 13.5. The van der Waals surface area contributed by atoms with Gasteiger partial charge in [-0.1, -0.05) is 18.2 Å². The number of carboxylic acid groups (broad SMARTS) is 3. The highest BCUT2D eigenvalue weighted by Crippen LogP contribution is 2.26. The first-order valence-electron chi connectivity index (χ1n) is 13.5. The fraction of sp³-hybridized carbons (Fsp3) is 0.286. The lowest BCUT2D eigenvalue weighted by molar-refractivity contribution is -0.193. The highest BCUT2D eigenvalue weighted by molar-refractivity contribution is 5.74. The molecular weight excluding hydrogens is 706 g/mol. The SMILES string of the molecule is Fc1cccc(-c2cnc3c(N4CCN(Cc5ccccn5)CC4)nccn23)c1.O=C(O)C(F)(F)F.O=C(O)C(F)(F)F.O=C(O)C(F)(F)F. The zero-order chi connectivity index (χ0) is 37.9. The Morgan fingerprint density at radius 1 is 0.700 bits per heavy atom. The van der Waals surface area contributed by atoms with Crippen molar-refractivity contribution in [1.82, 2.24) is 24.3 Å². The number of carboxylic acids is 3. The number of alkyl halides is 9. The van der Waals surface area contributed by atoms with Gasteiger partial charge in [0, 0.05) is 56.9 Å². The lowest BCUT2D eigenvalue weighted by Crippen LogP contribution is -2.46. The van der Waals surface area contributed by atoms with Crippen LogP contribution in [0.4, 0.5) is 49.7 Å². The lowest BCUT2D eigenvalue weighted by Gasteiger charge is -2.35. The summed E-state index contributed by atoms with van der Waals surface area (Å²) in [6.45, 7) is 4.50. The number of aliphatic carboxylic acids is 3. The van der Waals surface area contributed by atoms with Gasteiger partial charge in [0.1, 0.15) is 5.82 Å². The van der Waals surface area contributed by atoms with Crippen LogP contribution < -0.4 is 4.90 Å². The number of hydrogen-bond acceptors (Lipinski definition) is 8. The second-order valence-electron chi connectivity index (χ2n) is 9.59. The maximum atomic E-state index is 13.7. The minimum atomic E-state index is -5.08. The molecule has 0 radical (unpaired) electrons. The van der Waals surface area contributed by atoms with Crippen molar-refractivity contribution < 1.29 is 73.6 Å². The van der Waals surface area contributed by atoms with Crippen LogP contribution in [0.5, 0.6) is 0 Å². The summed E-state index contributed by atoms with van der Waals surface area (Å²) in [4.78, 5) is 45.0. The van der Waals surface area contributed by atoms with Gasteiger partial charge in [-0.25, -0.2) is 28.7 Å². The molecule has 3 N–H and O–H groups in total. The zero-order valence-corrected chi connectivity index (χ0v) is 24.9. The van der Waals surface area contributed by atoms with E-state index in [-0.39, 0.29) is 5.82 Å². The number of benzene rings is 1. The summed E-state index contributed by atoms with van der Waals surface area (Å²) in [5.74, 6) is -7.66. The van der Waals surface area contributed by atoms with Crippen molar-refractivity contribution >= 4 is 29.4 Å². The maximum Gasteiger partial charge on any atom is 0.490 e. The highest BCUT2D eigenvalue weighted by Gasteiger charge is 2.39. The first-order chi connectivity index (χ1) is 23.1. The maximum absolute atomic E-state index is 13.7. The molecule has 1 aliphatic heterocycles. The van der Waals surface area contributed by atoms with Crippen LogP contribution in [0.1, 0.15) is 5.69 Å². The third kappa shape index (κ3) is 12.8. The van der Waals surface area contributed by atoms with E-state index in [0.717, 1.165) is 61.1 Å². The van der Waals surface area contributed by atoms with Crippen molar-refractivity contribution in [3.63, 3.8) is 0 Å². The fourth-order valence-corrected chi connectivity index (χ4v) is 3.83. The van der Waals surface area contributed by atoms with Gasteiger partial charge in [-0.15, -0.1) is 0 Å². The van der Waals surface area contributed by atoms with E-state index in [2.05, 4.69) is 30.8 Å². The molecule has 4 aromatic rings. The van der Waals surface area contributed by atoms with Crippen LogP contribution in [-0.2, 0) is 20.9 Å². The molecule has 5 rings (SSSR count). The molecule has 1 saturated heterocycles. The number of carbonyl (C=O) groups is 3. The smallest absolute Gasteiger partial charge is 0.475 e. The summed E-state index contributed by atoms with van der Waals surface area (Å²) < 4.78 is 111. The summed E-state index contributed by atoms with van der Waals surface area (Å²) in [6.07, 6.45) is -7.96. The van der Waals surface area contributed by atoms with Gasteiger partial charge in [-0.2, -0.15) is 39.5 Å². The normalized spacial score (nSPS) is 13.5. The predicted octanol–water partition coefficient (Wildman–Crippen LogP) is 5.15.